The number of fused-ring (bicyclic) bond motifs is 3. The summed E-state index contributed by atoms with van der Waals surface area (Å²) in [5.74, 6) is 0.216. The van der Waals surface area contributed by atoms with Gasteiger partial charge >= 0.3 is 0 Å². The van der Waals surface area contributed by atoms with Crippen molar-refractivity contribution in [2.24, 2.45) is 0 Å². The van der Waals surface area contributed by atoms with Crippen LogP contribution in [0.4, 0.5) is 4.39 Å². The number of aryl methyl sites for hydroxylation is 1. The number of carbonyl (C=O) groups excluding carboxylic acids is 1. The topological polar surface area (TPSA) is 52.9 Å². The van der Waals surface area contributed by atoms with E-state index in [2.05, 4.69) is 30.4 Å². The third-order valence-corrected chi connectivity index (χ3v) is 5.03. The van der Waals surface area contributed by atoms with E-state index >= 15 is 0 Å². The molecule has 1 N–H and O–H groups in total. The molecule has 1 aliphatic carbocycles. The van der Waals surface area contributed by atoms with Crippen LogP contribution < -0.4 is 5.32 Å². The van der Waals surface area contributed by atoms with E-state index < -0.39 is 6.04 Å². The van der Waals surface area contributed by atoms with Crippen LogP contribution in [-0.2, 0) is 17.6 Å². The number of amides is 1. The van der Waals surface area contributed by atoms with Crippen LogP contribution in [-0.4, -0.2) is 12.5 Å². The highest BCUT2D eigenvalue weighted by atomic mass is 19.1. The van der Waals surface area contributed by atoms with Crippen LogP contribution in [0.1, 0.15) is 42.4 Å². The summed E-state index contributed by atoms with van der Waals surface area (Å²) in [6, 6.07) is 12.8. The number of carbonyl (C=O) groups is 1. The Labute approximate surface area is 147 Å². The average molecular weight is 336 g/mol. The Hall–Kier alpha value is -2.67. The van der Waals surface area contributed by atoms with Gasteiger partial charge < -0.3 is 5.32 Å². The number of benzene rings is 2. The Balaban J connectivity index is 2.03. The third kappa shape index (κ3) is 3.56. The van der Waals surface area contributed by atoms with E-state index in [9.17, 15) is 9.18 Å². The number of nitriles is 1. The molecule has 0 saturated heterocycles. The molecule has 0 spiro atoms. The molecule has 3 nitrogen and oxygen atoms in total. The molecule has 2 unspecified atom stereocenters. The molecule has 3 rings (SSSR count). The second kappa shape index (κ2) is 7.48. The van der Waals surface area contributed by atoms with E-state index in [1.807, 2.05) is 12.1 Å². The van der Waals surface area contributed by atoms with Crippen LogP contribution in [0.2, 0.25) is 0 Å². The van der Waals surface area contributed by atoms with Gasteiger partial charge in [0.25, 0.3) is 0 Å². The van der Waals surface area contributed by atoms with E-state index in [0.717, 1.165) is 41.5 Å². The fourth-order valence-electron chi connectivity index (χ4n) is 3.72. The zero-order chi connectivity index (χ0) is 17.8. The first-order chi connectivity index (χ1) is 12.2. The highest BCUT2D eigenvalue weighted by Crippen LogP contribution is 2.40. The standard InChI is InChI=1S/C21H21FN2O/c1-2-15-4-5-16-11-17(22)6-8-19(16)20-7-3-14(10-21(15)20)9-18(12-23)24-13-25/h3,6-8,10-11,13,15,18H,2,4-5,9H2,1H3,(H,24,25). The first-order valence-electron chi connectivity index (χ1n) is 8.67. The Morgan fingerprint density at radius 1 is 1.32 bits per heavy atom. The van der Waals surface area contributed by atoms with Crippen molar-refractivity contribution in [1.29, 1.82) is 5.26 Å². The Kier molecular flexibility index (Phi) is 5.14. The lowest BCUT2D eigenvalue weighted by Crippen LogP contribution is -2.28. The predicted octanol–water partition coefficient (Wildman–Crippen LogP) is 4.11. The number of hydrogen-bond acceptors (Lipinski definition) is 2. The molecule has 0 aliphatic heterocycles. The fourth-order valence-corrected chi connectivity index (χ4v) is 3.72. The highest BCUT2D eigenvalue weighted by molar-refractivity contribution is 5.73. The van der Waals surface area contributed by atoms with Crippen LogP contribution in [0.15, 0.2) is 36.4 Å². The Morgan fingerprint density at radius 3 is 2.84 bits per heavy atom. The maximum atomic E-state index is 13.6. The van der Waals surface area contributed by atoms with E-state index in [4.69, 9.17) is 5.26 Å². The van der Waals surface area contributed by atoms with Gasteiger partial charge in [-0.3, -0.25) is 4.79 Å². The summed E-state index contributed by atoms with van der Waals surface area (Å²) >= 11 is 0. The molecular weight excluding hydrogens is 315 g/mol. The summed E-state index contributed by atoms with van der Waals surface area (Å²) in [7, 11) is 0. The van der Waals surface area contributed by atoms with E-state index in [1.54, 1.807) is 6.07 Å². The molecular formula is C21H21FN2O. The van der Waals surface area contributed by atoms with Gasteiger partial charge in [-0.05, 0) is 65.1 Å². The third-order valence-electron chi connectivity index (χ3n) is 5.03. The molecule has 0 aromatic heterocycles. The first-order valence-corrected chi connectivity index (χ1v) is 8.67. The quantitative estimate of drug-likeness (QED) is 0.835. The largest absolute Gasteiger partial charge is 0.343 e. The van der Waals surface area contributed by atoms with Crippen molar-refractivity contribution in [3.63, 3.8) is 0 Å². The molecule has 0 radical (unpaired) electrons. The van der Waals surface area contributed by atoms with Gasteiger partial charge in [0.05, 0.1) is 6.07 Å². The van der Waals surface area contributed by atoms with Gasteiger partial charge in [0.1, 0.15) is 11.9 Å². The maximum Gasteiger partial charge on any atom is 0.208 e. The van der Waals surface area contributed by atoms with Gasteiger partial charge in [0, 0.05) is 6.42 Å². The van der Waals surface area contributed by atoms with Crippen LogP contribution in [0.25, 0.3) is 11.1 Å². The minimum atomic E-state index is -0.525. The molecule has 0 saturated carbocycles. The summed E-state index contributed by atoms with van der Waals surface area (Å²) in [5, 5.41) is 11.7. The molecule has 1 aliphatic rings. The molecule has 2 aromatic carbocycles. The van der Waals surface area contributed by atoms with Crippen LogP contribution in [0.5, 0.6) is 0 Å². The second-order valence-electron chi connectivity index (χ2n) is 6.54. The number of rotatable bonds is 5. The minimum Gasteiger partial charge on any atom is -0.343 e. The van der Waals surface area contributed by atoms with Crippen molar-refractivity contribution in [2.75, 3.05) is 0 Å². The lowest BCUT2D eigenvalue weighted by atomic mass is 9.87. The summed E-state index contributed by atoms with van der Waals surface area (Å²) in [4.78, 5) is 10.6. The second-order valence-corrected chi connectivity index (χ2v) is 6.54. The molecule has 4 heteroatoms. The molecule has 0 fully saturated rings. The van der Waals surface area contributed by atoms with Crippen molar-refractivity contribution >= 4 is 6.41 Å². The SMILES string of the molecule is CCC1CCc2cc(F)ccc2-c2ccc(CC(C#N)NC=O)cc21. The zero-order valence-corrected chi connectivity index (χ0v) is 14.3. The van der Waals surface area contributed by atoms with Crippen molar-refractivity contribution in [1.82, 2.24) is 5.32 Å². The normalized spacial score (nSPS) is 16.8. The average Bonchev–Trinajstić information content (AvgIpc) is 2.77. The molecule has 0 heterocycles. The number of nitrogens with one attached hydrogen (secondary N) is 1. The van der Waals surface area contributed by atoms with Crippen LogP contribution in [0, 0.1) is 17.1 Å². The van der Waals surface area contributed by atoms with Gasteiger partial charge in [0.15, 0.2) is 0 Å². The van der Waals surface area contributed by atoms with Gasteiger partial charge in [0.2, 0.25) is 6.41 Å². The van der Waals surface area contributed by atoms with E-state index in [1.165, 1.54) is 11.6 Å². The fraction of sp³-hybridized carbons (Fsp3) is 0.333. The van der Waals surface area contributed by atoms with Gasteiger partial charge in [-0.15, -0.1) is 0 Å². The summed E-state index contributed by atoms with van der Waals surface area (Å²) in [6.45, 7) is 2.17. The lowest BCUT2D eigenvalue weighted by Gasteiger charge is -2.18. The van der Waals surface area contributed by atoms with Crippen LogP contribution >= 0.6 is 0 Å². The van der Waals surface area contributed by atoms with Crippen molar-refractivity contribution in [3.05, 3.63) is 58.9 Å². The lowest BCUT2D eigenvalue weighted by molar-refractivity contribution is -0.109. The summed E-state index contributed by atoms with van der Waals surface area (Å²) in [6.07, 6.45) is 3.91. The molecule has 2 atom stereocenters. The molecule has 0 bridgehead atoms. The minimum absolute atomic E-state index is 0.191. The first kappa shape index (κ1) is 17.2. The van der Waals surface area contributed by atoms with Gasteiger partial charge in [-0.1, -0.05) is 31.2 Å². The van der Waals surface area contributed by atoms with Crippen molar-refractivity contribution < 1.29 is 9.18 Å². The zero-order valence-electron chi connectivity index (χ0n) is 14.3. The molecule has 2 aromatic rings. The van der Waals surface area contributed by atoms with E-state index in [0.29, 0.717) is 18.7 Å². The molecule has 1 amide bonds. The summed E-state index contributed by atoms with van der Waals surface area (Å²) in [5.41, 5.74) is 5.60. The maximum absolute atomic E-state index is 13.6. The number of nitrogens with zero attached hydrogens (tertiary/aromatic N) is 1. The number of halogens is 1. The van der Waals surface area contributed by atoms with Crippen molar-refractivity contribution in [2.45, 2.75) is 44.6 Å². The summed E-state index contributed by atoms with van der Waals surface area (Å²) < 4.78 is 13.6. The van der Waals surface area contributed by atoms with Crippen LogP contribution in [0.3, 0.4) is 0 Å². The monoisotopic (exact) mass is 336 g/mol. The molecule has 25 heavy (non-hydrogen) atoms. The highest BCUT2D eigenvalue weighted by Gasteiger charge is 2.22. The predicted molar refractivity (Wildman–Crippen MR) is 95.5 cm³/mol. The van der Waals surface area contributed by atoms with Crippen molar-refractivity contribution in [3.8, 4) is 17.2 Å². The smallest absolute Gasteiger partial charge is 0.208 e. The van der Waals surface area contributed by atoms with E-state index in [-0.39, 0.29) is 5.82 Å². The molecule has 128 valence electrons. The Bertz CT molecular complexity index is 825. The van der Waals surface area contributed by atoms with Gasteiger partial charge in [-0.2, -0.15) is 5.26 Å². The Morgan fingerprint density at radius 2 is 2.12 bits per heavy atom. The van der Waals surface area contributed by atoms with Gasteiger partial charge in [-0.25, -0.2) is 4.39 Å². The number of hydrogen-bond donors (Lipinski definition) is 1.